The number of nitrogens with zero attached hydrogens (tertiary/aromatic N) is 1. The normalized spacial score (nSPS) is 21.1. The van der Waals surface area contributed by atoms with E-state index >= 15 is 0 Å². The Hall–Kier alpha value is -1.22. The van der Waals surface area contributed by atoms with Crippen molar-refractivity contribution in [2.45, 2.75) is 6.23 Å². The van der Waals surface area contributed by atoms with Gasteiger partial charge in [-0.15, -0.1) is 5.10 Å². The third kappa shape index (κ3) is 1.36. The lowest BCUT2D eigenvalue weighted by atomic mass is 10.2. The summed E-state index contributed by atoms with van der Waals surface area (Å²) in [5, 5.41) is 3.86. The summed E-state index contributed by atoms with van der Waals surface area (Å²) in [4.78, 5) is 0. The van der Waals surface area contributed by atoms with Gasteiger partial charge in [0.2, 0.25) is 6.23 Å². The molecule has 4 heteroatoms. The van der Waals surface area contributed by atoms with E-state index in [1.54, 1.807) is 0 Å². The predicted molar refractivity (Wildman–Crippen MR) is 46.7 cm³/mol. The number of hydrogen-bond acceptors (Lipinski definition) is 3. The fraction of sp³-hybridized carbons (Fsp3) is 0.125. The molecule has 1 aromatic carbocycles. The van der Waals surface area contributed by atoms with Crippen LogP contribution in [0.25, 0.3) is 0 Å². The number of ether oxygens (including phenoxy) is 1. The van der Waals surface area contributed by atoms with Crippen molar-refractivity contribution in [3.8, 4) is 0 Å². The number of nitrogens with one attached hydrogen (secondary N) is 1. The van der Waals surface area contributed by atoms with Gasteiger partial charge in [0.05, 0.1) is 0 Å². The van der Waals surface area contributed by atoms with Gasteiger partial charge in [0.15, 0.2) is 0 Å². The molecule has 1 heterocycles. The largest absolute Gasteiger partial charge is 0.438 e. The molecule has 1 atom stereocenters. The van der Waals surface area contributed by atoms with Gasteiger partial charge >= 0.3 is 5.36 Å². The van der Waals surface area contributed by atoms with Crippen LogP contribution >= 0.6 is 11.6 Å². The van der Waals surface area contributed by atoms with Gasteiger partial charge in [0.25, 0.3) is 0 Å². The summed E-state index contributed by atoms with van der Waals surface area (Å²) < 4.78 is 5.15. The van der Waals surface area contributed by atoms with E-state index in [0.29, 0.717) is 0 Å². The van der Waals surface area contributed by atoms with Gasteiger partial charge in [0, 0.05) is 5.56 Å². The second-order valence-electron chi connectivity index (χ2n) is 2.40. The van der Waals surface area contributed by atoms with E-state index in [4.69, 9.17) is 16.3 Å². The summed E-state index contributed by atoms with van der Waals surface area (Å²) in [5.41, 5.74) is 3.77. The smallest absolute Gasteiger partial charge is 0.306 e. The SMILES string of the molecule is ClC1=NNC(c2ccccc2)O1. The van der Waals surface area contributed by atoms with Crippen LogP contribution in [0.3, 0.4) is 0 Å². The maximum absolute atomic E-state index is 5.52. The molecular formula is C8H7ClN2O. The van der Waals surface area contributed by atoms with Crippen molar-refractivity contribution < 1.29 is 4.74 Å². The van der Waals surface area contributed by atoms with Crippen LogP contribution in [0.15, 0.2) is 35.4 Å². The van der Waals surface area contributed by atoms with Gasteiger partial charge in [-0.2, -0.15) is 0 Å². The highest BCUT2D eigenvalue weighted by molar-refractivity contribution is 6.63. The fourth-order valence-corrected chi connectivity index (χ4v) is 1.17. The minimum atomic E-state index is -0.237. The third-order valence-corrected chi connectivity index (χ3v) is 1.76. The molecule has 12 heavy (non-hydrogen) atoms. The van der Waals surface area contributed by atoms with Crippen molar-refractivity contribution in [2.24, 2.45) is 5.10 Å². The standard InChI is InChI=1S/C8H7ClN2O/c9-8-11-10-7(12-8)6-4-2-1-3-5-6/h1-5,7,10H. The van der Waals surface area contributed by atoms with Crippen molar-refractivity contribution >= 4 is 17.0 Å². The van der Waals surface area contributed by atoms with E-state index in [9.17, 15) is 0 Å². The van der Waals surface area contributed by atoms with Gasteiger partial charge in [-0.1, -0.05) is 30.3 Å². The topological polar surface area (TPSA) is 33.6 Å². The lowest BCUT2D eigenvalue weighted by Gasteiger charge is -2.08. The summed E-state index contributed by atoms with van der Waals surface area (Å²) in [5.74, 6) is 0. The van der Waals surface area contributed by atoms with Crippen LogP contribution in [0.1, 0.15) is 11.8 Å². The lowest BCUT2D eigenvalue weighted by Crippen LogP contribution is -2.11. The molecule has 0 aromatic heterocycles. The molecule has 1 unspecified atom stereocenters. The van der Waals surface area contributed by atoms with Gasteiger partial charge in [-0.05, 0) is 11.6 Å². The molecule has 1 N–H and O–H groups in total. The van der Waals surface area contributed by atoms with Crippen LogP contribution in [-0.2, 0) is 4.74 Å². The Morgan fingerprint density at radius 3 is 2.67 bits per heavy atom. The average molecular weight is 183 g/mol. The Balaban J connectivity index is 2.14. The Labute approximate surface area is 75.0 Å². The monoisotopic (exact) mass is 182 g/mol. The maximum atomic E-state index is 5.52. The molecule has 3 nitrogen and oxygen atoms in total. The van der Waals surface area contributed by atoms with E-state index < -0.39 is 0 Å². The highest BCUT2D eigenvalue weighted by Crippen LogP contribution is 2.18. The zero-order valence-electron chi connectivity index (χ0n) is 6.20. The van der Waals surface area contributed by atoms with Gasteiger partial charge in [-0.3, -0.25) is 5.43 Å². The Morgan fingerprint density at radius 1 is 1.33 bits per heavy atom. The van der Waals surface area contributed by atoms with E-state index in [0.717, 1.165) is 5.56 Å². The van der Waals surface area contributed by atoms with Gasteiger partial charge < -0.3 is 4.74 Å². The molecule has 1 aliphatic rings. The quantitative estimate of drug-likeness (QED) is 0.719. The number of rotatable bonds is 1. The van der Waals surface area contributed by atoms with Crippen molar-refractivity contribution in [1.29, 1.82) is 0 Å². The molecule has 0 bridgehead atoms. The Kier molecular flexibility index (Phi) is 1.87. The molecule has 0 saturated heterocycles. The van der Waals surface area contributed by atoms with Crippen molar-refractivity contribution in [3.05, 3.63) is 35.9 Å². The maximum Gasteiger partial charge on any atom is 0.306 e. The van der Waals surface area contributed by atoms with E-state index in [2.05, 4.69) is 10.5 Å². The van der Waals surface area contributed by atoms with Crippen LogP contribution in [0.2, 0.25) is 0 Å². The first-order valence-corrected chi connectivity index (χ1v) is 3.94. The highest BCUT2D eigenvalue weighted by atomic mass is 35.5. The molecule has 0 saturated carbocycles. The molecule has 0 aliphatic carbocycles. The summed E-state index contributed by atoms with van der Waals surface area (Å²) >= 11 is 5.52. The van der Waals surface area contributed by atoms with Crippen LogP contribution in [0, 0.1) is 0 Å². The molecule has 0 spiro atoms. The molecule has 0 fully saturated rings. The third-order valence-electron chi connectivity index (χ3n) is 1.59. The van der Waals surface area contributed by atoms with Crippen molar-refractivity contribution in [1.82, 2.24) is 5.43 Å². The summed E-state index contributed by atoms with van der Waals surface area (Å²) in [6.07, 6.45) is -0.237. The van der Waals surface area contributed by atoms with Crippen LogP contribution in [-0.4, -0.2) is 5.36 Å². The van der Waals surface area contributed by atoms with E-state index in [1.165, 1.54) is 0 Å². The first kappa shape index (κ1) is 7.43. The first-order chi connectivity index (χ1) is 5.86. The first-order valence-electron chi connectivity index (χ1n) is 3.56. The molecular weight excluding hydrogens is 176 g/mol. The molecule has 2 rings (SSSR count). The van der Waals surface area contributed by atoms with E-state index in [-0.39, 0.29) is 11.6 Å². The summed E-state index contributed by atoms with van der Waals surface area (Å²) in [7, 11) is 0. The Bertz CT molecular complexity index is 299. The molecule has 1 aliphatic heterocycles. The fourth-order valence-electron chi connectivity index (χ4n) is 1.03. The predicted octanol–water partition coefficient (Wildman–Crippen LogP) is 1.81. The average Bonchev–Trinajstić information content (AvgIpc) is 2.54. The van der Waals surface area contributed by atoms with Crippen molar-refractivity contribution in [3.63, 3.8) is 0 Å². The number of hydrazone groups is 1. The highest BCUT2D eigenvalue weighted by Gasteiger charge is 2.18. The molecule has 0 amide bonds. The number of benzene rings is 1. The second-order valence-corrected chi connectivity index (χ2v) is 2.73. The van der Waals surface area contributed by atoms with E-state index in [1.807, 2.05) is 30.3 Å². The zero-order chi connectivity index (χ0) is 8.39. The minimum Gasteiger partial charge on any atom is -0.438 e. The van der Waals surface area contributed by atoms with Crippen LogP contribution in [0.4, 0.5) is 0 Å². The van der Waals surface area contributed by atoms with Gasteiger partial charge in [0.1, 0.15) is 0 Å². The summed E-state index contributed by atoms with van der Waals surface area (Å²) in [6, 6.07) is 9.71. The number of halogens is 1. The second kappa shape index (κ2) is 3.03. The van der Waals surface area contributed by atoms with Gasteiger partial charge in [-0.25, -0.2) is 0 Å². The number of hydrogen-bond donors (Lipinski definition) is 1. The zero-order valence-corrected chi connectivity index (χ0v) is 6.95. The van der Waals surface area contributed by atoms with Crippen LogP contribution < -0.4 is 5.43 Å². The lowest BCUT2D eigenvalue weighted by molar-refractivity contribution is 0.195. The molecule has 1 aromatic rings. The molecule has 0 radical (unpaired) electrons. The molecule has 62 valence electrons. The van der Waals surface area contributed by atoms with Crippen LogP contribution in [0.5, 0.6) is 0 Å². The van der Waals surface area contributed by atoms with Crippen molar-refractivity contribution in [2.75, 3.05) is 0 Å². The summed E-state index contributed by atoms with van der Waals surface area (Å²) in [6.45, 7) is 0. The Morgan fingerprint density at radius 2 is 2.08 bits per heavy atom. The minimum absolute atomic E-state index is 0.156.